The molecule has 0 aliphatic carbocycles. The summed E-state index contributed by atoms with van der Waals surface area (Å²) in [6, 6.07) is -0.585. The van der Waals surface area contributed by atoms with Crippen LogP contribution in [0.25, 0.3) is 0 Å². The summed E-state index contributed by atoms with van der Waals surface area (Å²) >= 11 is 0. The minimum absolute atomic E-state index is 0.0214. The van der Waals surface area contributed by atoms with E-state index in [1.165, 1.54) is 6.20 Å². The first kappa shape index (κ1) is 11.1. The van der Waals surface area contributed by atoms with Crippen LogP contribution in [0.1, 0.15) is 31.0 Å². The lowest BCUT2D eigenvalue weighted by Gasteiger charge is -2.17. The van der Waals surface area contributed by atoms with Crippen molar-refractivity contribution in [2.45, 2.75) is 26.1 Å². The molecule has 2 nitrogen and oxygen atoms in total. The molecular formula is C9H13F3N2. The molecule has 80 valence electrons. The molecule has 5 heteroatoms. The molecule has 1 rings (SSSR count). The second-order valence-electron chi connectivity index (χ2n) is 3.59. The van der Waals surface area contributed by atoms with Gasteiger partial charge in [-0.2, -0.15) is 13.2 Å². The maximum atomic E-state index is 12.4. The summed E-state index contributed by atoms with van der Waals surface area (Å²) < 4.78 is 37.3. The van der Waals surface area contributed by atoms with Crippen LogP contribution in [0.2, 0.25) is 0 Å². The number of hydrogen-bond acceptors (Lipinski definition) is 1. The third-order valence-electron chi connectivity index (χ3n) is 2.16. The molecule has 0 aliphatic heterocycles. The Morgan fingerprint density at radius 1 is 1.29 bits per heavy atom. The summed E-state index contributed by atoms with van der Waals surface area (Å²) in [5.41, 5.74) is 5.12. The van der Waals surface area contributed by atoms with Crippen LogP contribution in [-0.2, 0) is 6.18 Å². The van der Waals surface area contributed by atoms with E-state index in [4.69, 9.17) is 5.73 Å². The zero-order valence-corrected chi connectivity index (χ0v) is 8.02. The van der Waals surface area contributed by atoms with Crippen LogP contribution in [0.5, 0.6) is 0 Å². The van der Waals surface area contributed by atoms with E-state index in [9.17, 15) is 13.2 Å². The Morgan fingerprint density at radius 2 is 1.86 bits per heavy atom. The molecule has 3 N–H and O–H groups in total. The zero-order valence-electron chi connectivity index (χ0n) is 8.02. The van der Waals surface area contributed by atoms with Gasteiger partial charge in [0.15, 0.2) is 0 Å². The highest BCUT2D eigenvalue weighted by atomic mass is 19.4. The van der Waals surface area contributed by atoms with Gasteiger partial charge in [-0.15, -0.1) is 0 Å². The Balaban J connectivity index is 3.05. The summed E-state index contributed by atoms with van der Waals surface area (Å²) in [7, 11) is 0. The normalized spacial score (nSPS) is 14.8. The van der Waals surface area contributed by atoms with Crippen molar-refractivity contribution < 1.29 is 13.2 Å². The summed E-state index contributed by atoms with van der Waals surface area (Å²) in [6.45, 7) is 3.58. The molecular weight excluding hydrogens is 193 g/mol. The van der Waals surface area contributed by atoms with Crippen LogP contribution in [0.3, 0.4) is 0 Å². The largest absolute Gasteiger partial charge is 0.418 e. The predicted molar refractivity (Wildman–Crippen MR) is 47.6 cm³/mol. The molecule has 0 saturated carbocycles. The van der Waals surface area contributed by atoms with Gasteiger partial charge in [-0.1, -0.05) is 13.8 Å². The van der Waals surface area contributed by atoms with E-state index in [0.29, 0.717) is 0 Å². The van der Waals surface area contributed by atoms with E-state index in [0.717, 1.165) is 6.20 Å². The first-order valence-electron chi connectivity index (χ1n) is 4.33. The number of aromatic amines is 1. The maximum Gasteiger partial charge on any atom is 0.418 e. The van der Waals surface area contributed by atoms with E-state index >= 15 is 0 Å². The van der Waals surface area contributed by atoms with Gasteiger partial charge in [-0.25, -0.2) is 0 Å². The van der Waals surface area contributed by atoms with Crippen molar-refractivity contribution in [1.82, 2.24) is 4.98 Å². The molecule has 0 aliphatic rings. The number of halogens is 3. The average Bonchev–Trinajstić information content (AvgIpc) is 2.48. The topological polar surface area (TPSA) is 41.8 Å². The van der Waals surface area contributed by atoms with Gasteiger partial charge in [0.1, 0.15) is 0 Å². The van der Waals surface area contributed by atoms with Gasteiger partial charge in [-0.3, -0.25) is 0 Å². The van der Waals surface area contributed by atoms with Crippen molar-refractivity contribution >= 4 is 0 Å². The second-order valence-corrected chi connectivity index (χ2v) is 3.59. The van der Waals surface area contributed by atoms with Crippen molar-refractivity contribution in [2.24, 2.45) is 11.7 Å². The monoisotopic (exact) mass is 206 g/mol. The Bertz CT molecular complexity index is 301. The maximum absolute atomic E-state index is 12.4. The summed E-state index contributed by atoms with van der Waals surface area (Å²) in [5, 5.41) is 0. The number of alkyl halides is 3. The standard InChI is InChI=1S/C9H13F3N2/c1-5(2)8(13)6-3-14-4-7(6)9(10,11)12/h3-5,8,14H,13H2,1-2H3/t8-/m0/s1. The smallest absolute Gasteiger partial charge is 0.367 e. The van der Waals surface area contributed by atoms with Gasteiger partial charge < -0.3 is 10.7 Å². The van der Waals surface area contributed by atoms with Gasteiger partial charge in [0.2, 0.25) is 0 Å². The molecule has 1 atom stereocenters. The van der Waals surface area contributed by atoms with Crippen LogP contribution in [0.4, 0.5) is 13.2 Å². The van der Waals surface area contributed by atoms with E-state index in [-0.39, 0.29) is 11.5 Å². The van der Waals surface area contributed by atoms with Crippen LogP contribution in [0.15, 0.2) is 12.4 Å². The molecule has 0 saturated heterocycles. The Labute approximate surface area is 80.3 Å². The van der Waals surface area contributed by atoms with Gasteiger partial charge >= 0.3 is 6.18 Å². The predicted octanol–water partition coefficient (Wildman–Crippen LogP) is 2.69. The van der Waals surface area contributed by atoms with E-state index in [1.54, 1.807) is 13.8 Å². The molecule has 14 heavy (non-hydrogen) atoms. The fourth-order valence-corrected chi connectivity index (χ4v) is 1.26. The van der Waals surface area contributed by atoms with Crippen molar-refractivity contribution in [3.63, 3.8) is 0 Å². The molecule has 0 radical (unpaired) electrons. The van der Waals surface area contributed by atoms with Crippen LogP contribution < -0.4 is 5.73 Å². The highest BCUT2D eigenvalue weighted by molar-refractivity contribution is 5.29. The number of hydrogen-bond donors (Lipinski definition) is 2. The van der Waals surface area contributed by atoms with Gasteiger partial charge in [0, 0.05) is 18.4 Å². The molecule has 0 bridgehead atoms. The Kier molecular flexibility index (Phi) is 2.89. The van der Waals surface area contributed by atoms with Crippen molar-refractivity contribution in [1.29, 1.82) is 0 Å². The first-order valence-corrected chi connectivity index (χ1v) is 4.33. The minimum Gasteiger partial charge on any atom is -0.367 e. The number of rotatable bonds is 2. The zero-order chi connectivity index (χ0) is 10.9. The average molecular weight is 206 g/mol. The molecule has 1 aromatic rings. The molecule has 0 spiro atoms. The number of H-pyrrole nitrogens is 1. The van der Waals surface area contributed by atoms with Gasteiger partial charge in [-0.05, 0) is 11.5 Å². The van der Waals surface area contributed by atoms with Crippen molar-refractivity contribution in [2.75, 3.05) is 0 Å². The number of nitrogens with one attached hydrogen (secondary N) is 1. The fourth-order valence-electron chi connectivity index (χ4n) is 1.26. The lowest BCUT2D eigenvalue weighted by molar-refractivity contribution is -0.138. The number of nitrogens with two attached hydrogens (primary N) is 1. The fraction of sp³-hybridized carbons (Fsp3) is 0.556. The quantitative estimate of drug-likeness (QED) is 0.767. The SMILES string of the molecule is CC(C)[C@H](N)c1c[nH]cc1C(F)(F)F. The van der Waals surface area contributed by atoms with E-state index in [2.05, 4.69) is 4.98 Å². The van der Waals surface area contributed by atoms with Crippen LogP contribution in [0, 0.1) is 5.92 Å². The van der Waals surface area contributed by atoms with E-state index in [1.807, 2.05) is 0 Å². The van der Waals surface area contributed by atoms with Crippen molar-refractivity contribution in [3.8, 4) is 0 Å². The summed E-state index contributed by atoms with van der Waals surface area (Å²) in [6.07, 6.45) is -2.08. The highest BCUT2D eigenvalue weighted by Crippen LogP contribution is 2.35. The highest BCUT2D eigenvalue weighted by Gasteiger charge is 2.35. The van der Waals surface area contributed by atoms with E-state index < -0.39 is 17.8 Å². The van der Waals surface area contributed by atoms with Gasteiger partial charge in [0.25, 0.3) is 0 Å². The van der Waals surface area contributed by atoms with Crippen molar-refractivity contribution in [3.05, 3.63) is 23.5 Å². The molecule has 1 heterocycles. The Hall–Kier alpha value is -0.970. The third-order valence-corrected chi connectivity index (χ3v) is 2.16. The molecule has 0 unspecified atom stereocenters. The second kappa shape index (κ2) is 3.65. The lowest BCUT2D eigenvalue weighted by atomic mass is 9.96. The molecule has 0 amide bonds. The van der Waals surface area contributed by atoms with Crippen LogP contribution >= 0.6 is 0 Å². The third kappa shape index (κ3) is 2.09. The molecule has 1 aromatic heterocycles. The number of aromatic nitrogens is 1. The molecule has 0 fully saturated rings. The Morgan fingerprint density at radius 3 is 2.29 bits per heavy atom. The summed E-state index contributed by atoms with van der Waals surface area (Å²) in [4.78, 5) is 2.44. The first-order chi connectivity index (χ1) is 6.34. The summed E-state index contributed by atoms with van der Waals surface area (Å²) in [5.74, 6) is -0.0214. The molecule has 0 aromatic carbocycles. The minimum atomic E-state index is -4.33. The lowest BCUT2D eigenvalue weighted by Crippen LogP contribution is -2.20. The van der Waals surface area contributed by atoms with Gasteiger partial charge in [0.05, 0.1) is 5.56 Å². The van der Waals surface area contributed by atoms with Crippen LogP contribution in [-0.4, -0.2) is 4.98 Å².